The molecule has 1 aromatic carbocycles. The highest BCUT2D eigenvalue weighted by Crippen LogP contribution is 2.29. The number of benzene rings is 1. The van der Waals surface area contributed by atoms with E-state index in [0.717, 1.165) is 12.1 Å². The van der Waals surface area contributed by atoms with Crippen molar-refractivity contribution in [3.63, 3.8) is 0 Å². The van der Waals surface area contributed by atoms with E-state index < -0.39 is 22.5 Å². The van der Waals surface area contributed by atoms with Crippen LogP contribution in [-0.2, 0) is 22.7 Å². The van der Waals surface area contributed by atoms with Gasteiger partial charge in [-0.1, -0.05) is 6.07 Å². The van der Waals surface area contributed by atoms with Gasteiger partial charge in [0.05, 0.1) is 27.8 Å². The Kier molecular flexibility index (Phi) is 3.99. The van der Waals surface area contributed by atoms with E-state index in [1.165, 1.54) is 12.1 Å². The second-order valence-electron chi connectivity index (χ2n) is 3.83. The Balaban J connectivity index is 2.12. The molecule has 0 aliphatic heterocycles. The molecule has 0 aliphatic rings. The number of hydrogen-bond acceptors (Lipinski definition) is 2. The minimum absolute atomic E-state index is 0.187. The SMILES string of the molecule is O=S(Cc1ccccn1)c1ccc(C(F)(F)F)cc1. The van der Waals surface area contributed by atoms with Gasteiger partial charge < -0.3 is 0 Å². The molecule has 2 nitrogen and oxygen atoms in total. The van der Waals surface area contributed by atoms with Crippen LogP contribution in [0, 0.1) is 0 Å². The van der Waals surface area contributed by atoms with E-state index in [9.17, 15) is 17.4 Å². The molecule has 1 unspecified atom stereocenters. The van der Waals surface area contributed by atoms with Crippen molar-refractivity contribution in [3.8, 4) is 0 Å². The van der Waals surface area contributed by atoms with Crippen molar-refractivity contribution in [2.24, 2.45) is 0 Å². The number of pyridine rings is 1. The van der Waals surface area contributed by atoms with E-state index in [-0.39, 0.29) is 5.75 Å². The second-order valence-corrected chi connectivity index (χ2v) is 5.28. The number of nitrogens with zero attached hydrogens (tertiary/aromatic N) is 1. The fourth-order valence-electron chi connectivity index (χ4n) is 1.50. The van der Waals surface area contributed by atoms with Gasteiger partial charge in [-0.25, -0.2) is 0 Å². The van der Waals surface area contributed by atoms with Gasteiger partial charge in [0.25, 0.3) is 0 Å². The van der Waals surface area contributed by atoms with Gasteiger partial charge in [0, 0.05) is 11.1 Å². The standard InChI is InChI=1S/C13H10F3NOS/c14-13(15,16)10-4-6-12(7-5-10)19(18)9-11-3-1-2-8-17-11/h1-8H,9H2. The summed E-state index contributed by atoms with van der Waals surface area (Å²) in [5.41, 5.74) is -0.105. The molecule has 1 aromatic heterocycles. The fourth-order valence-corrected chi connectivity index (χ4v) is 2.54. The van der Waals surface area contributed by atoms with Crippen molar-refractivity contribution in [1.29, 1.82) is 0 Å². The molecule has 2 rings (SSSR count). The van der Waals surface area contributed by atoms with E-state index in [4.69, 9.17) is 0 Å². The van der Waals surface area contributed by atoms with Gasteiger partial charge in [-0.15, -0.1) is 0 Å². The molecule has 0 N–H and O–H groups in total. The maximum Gasteiger partial charge on any atom is 0.416 e. The summed E-state index contributed by atoms with van der Waals surface area (Å²) in [5, 5.41) is 0. The van der Waals surface area contributed by atoms with Gasteiger partial charge in [-0.05, 0) is 36.4 Å². The third-order valence-corrected chi connectivity index (χ3v) is 3.81. The smallest absolute Gasteiger partial charge is 0.260 e. The maximum absolute atomic E-state index is 12.4. The fraction of sp³-hybridized carbons (Fsp3) is 0.154. The molecule has 2 aromatic rings. The molecular weight excluding hydrogens is 275 g/mol. The monoisotopic (exact) mass is 285 g/mol. The highest BCUT2D eigenvalue weighted by molar-refractivity contribution is 7.84. The van der Waals surface area contributed by atoms with Crippen LogP contribution in [0.1, 0.15) is 11.3 Å². The average Bonchev–Trinajstić information content (AvgIpc) is 2.39. The van der Waals surface area contributed by atoms with Crippen LogP contribution in [0.15, 0.2) is 53.6 Å². The van der Waals surface area contributed by atoms with Crippen LogP contribution in [0.5, 0.6) is 0 Å². The maximum atomic E-state index is 12.4. The van der Waals surface area contributed by atoms with Crippen LogP contribution in [0.2, 0.25) is 0 Å². The normalized spacial score (nSPS) is 13.2. The Morgan fingerprint density at radius 3 is 2.26 bits per heavy atom. The first kappa shape index (κ1) is 13.7. The summed E-state index contributed by atoms with van der Waals surface area (Å²) in [4.78, 5) is 4.39. The summed E-state index contributed by atoms with van der Waals surface area (Å²) in [6.07, 6.45) is -2.79. The van der Waals surface area contributed by atoms with Gasteiger partial charge in [0.15, 0.2) is 0 Å². The topological polar surface area (TPSA) is 30.0 Å². The molecule has 100 valence electrons. The quantitative estimate of drug-likeness (QED) is 0.865. The van der Waals surface area contributed by atoms with Gasteiger partial charge in [-0.3, -0.25) is 9.19 Å². The summed E-state index contributed by atoms with van der Waals surface area (Å²) >= 11 is 0. The van der Waals surface area contributed by atoms with E-state index in [0.29, 0.717) is 10.6 Å². The minimum atomic E-state index is -4.37. The first-order chi connectivity index (χ1) is 8.97. The Hall–Kier alpha value is -1.69. The number of rotatable bonds is 3. The molecule has 0 fully saturated rings. The molecule has 19 heavy (non-hydrogen) atoms. The predicted octanol–water partition coefficient (Wildman–Crippen LogP) is 3.41. The molecule has 6 heteroatoms. The summed E-state index contributed by atoms with van der Waals surface area (Å²) in [6.45, 7) is 0. The zero-order valence-corrected chi connectivity index (χ0v) is 10.5. The zero-order valence-electron chi connectivity index (χ0n) is 9.72. The summed E-state index contributed by atoms with van der Waals surface area (Å²) in [7, 11) is -1.40. The molecular formula is C13H10F3NOS. The number of halogens is 3. The summed E-state index contributed by atoms with van der Waals surface area (Å²) < 4.78 is 49.1. The molecule has 0 radical (unpaired) electrons. The zero-order chi connectivity index (χ0) is 13.9. The highest BCUT2D eigenvalue weighted by Gasteiger charge is 2.30. The Bertz CT molecular complexity index is 567. The van der Waals surface area contributed by atoms with Crippen molar-refractivity contribution in [3.05, 3.63) is 59.9 Å². The lowest BCUT2D eigenvalue weighted by Crippen LogP contribution is -2.05. The summed E-state index contributed by atoms with van der Waals surface area (Å²) in [6, 6.07) is 9.58. The van der Waals surface area contributed by atoms with Crippen LogP contribution in [0.25, 0.3) is 0 Å². The van der Waals surface area contributed by atoms with Crippen molar-refractivity contribution in [1.82, 2.24) is 4.98 Å². The Morgan fingerprint density at radius 2 is 1.74 bits per heavy atom. The van der Waals surface area contributed by atoms with Crippen LogP contribution in [-0.4, -0.2) is 9.19 Å². The molecule has 1 heterocycles. The molecule has 0 saturated heterocycles. The highest BCUT2D eigenvalue weighted by atomic mass is 32.2. The van der Waals surface area contributed by atoms with Crippen LogP contribution in [0.3, 0.4) is 0 Å². The summed E-state index contributed by atoms with van der Waals surface area (Å²) in [5.74, 6) is 0.187. The first-order valence-electron chi connectivity index (χ1n) is 5.42. The van der Waals surface area contributed by atoms with Gasteiger partial charge >= 0.3 is 6.18 Å². The van der Waals surface area contributed by atoms with Crippen molar-refractivity contribution in [2.45, 2.75) is 16.8 Å². The molecule has 1 atom stereocenters. The van der Waals surface area contributed by atoms with Crippen LogP contribution < -0.4 is 0 Å². The van der Waals surface area contributed by atoms with Gasteiger partial charge in [0.2, 0.25) is 0 Å². The molecule has 0 aliphatic carbocycles. The lowest BCUT2D eigenvalue weighted by molar-refractivity contribution is -0.137. The third-order valence-electron chi connectivity index (χ3n) is 2.45. The van der Waals surface area contributed by atoms with Gasteiger partial charge in [-0.2, -0.15) is 13.2 Å². The second kappa shape index (κ2) is 5.52. The van der Waals surface area contributed by atoms with E-state index in [1.54, 1.807) is 24.4 Å². The molecule has 0 amide bonds. The van der Waals surface area contributed by atoms with E-state index in [1.807, 2.05) is 0 Å². The van der Waals surface area contributed by atoms with Crippen LogP contribution in [0.4, 0.5) is 13.2 Å². The predicted molar refractivity (Wildman–Crippen MR) is 65.8 cm³/mol. The number of alkyl halides is 3. The number of aromatic nitrogens is 1. The van der Waals surface area contributed by atoms with E-state index >= 15 is 0 Å². The van der Waals surface area contributed by atoms with Crippen molar-refractivity contribution < 1.29 is 17.4 Å². The molecule has 0 bridgehead atoms. The largest absolute Gasteiger partial charge is 0.416 e. The molecule has 0 saturated carbocycles. The van der Waals surface area contributed by atoms with Crippen molar-refractivity contribution >= 4 is 10.8 Å². The third kappa shape index (κ3) is 3.64. The van der Waals surface area contributed by atoms with Gasteiger partial charge in [0.1, 0.15) is 0 Å². The Labute approximate surface area is 110 Å². The lowest BCUT2D eigenvalue weighted by atomic mass is 10.2. The molecule has 0 spiro atoms. The number of hydrogen-bond donors (Lipinski definition) is 0. The Morgan fingerprint density at radius 1 is 1.05 bits per heavy atom. The lowest BCUT2D eigenvalue weighted by Gasteiger charge is -2.07. The minimum Gasteiger partial charge on any atom is -0.260 e. The first-order valence-corrected chi connectivity index (χ1v) is 6.74. The average molecular weight is 285 g/mol. The van der Waals surface area contributed by atoms with Crippen molar-refractivity contribution in [2.75, 3.05) is 0 Å². The van der Waals surface area contributed by atoms with Crippen LogP contribution >= 0.6 is 0 Å². The van der Waals surface area contributed by atoms with E-state index in [2.05, 4.69) is 4.98 Å².